The van der Waals surface area contributed by atoms with Gasteiger partial charge in [0.15, 0.2) is 6.61 Å². The van der Waals surface area contributed by atoms with Gasteiger partial charge in [0.1, 0.15) is 11.4 Å². The average Bonchev–Trinajstić information content (AvgIpc) is 2.50. The van der Waals surface area contributed by atoms with Gasteiger partial charge in [-0.2, -0.15) is 9.98 Å². The van der Waals surface area contributed by atoms with Crippen molar-refractivity contribution in [1.82, 2.24) is 10.0 Å². The summed E-state index contributed by atoms with van der Waals surface area (Å²) in [6, 6.07) is 4.51. The number of nitrogens with zero attached hydrogens (tertiary/aromatic N) is 1. The molecule has 0 fully saturated rings. The second-order valence-corrected chi connectivity index (χ2v) is 7.88. The van der Waals surface area contributed by atoms with E-state index in [-0.39, 0.29) is 27.9 Å². The van der Waals surface area contributed by atoms with E-state index in [1.54, 1.807) is 0 Å². The fourth-order valence-corrected chi connectivity index (χ4v) is 4.42. The molecule has 0 atom stereocenters. The number of halogens is 3. The van der Waals surface area contributed by atoms with Gasteiger partial charge in [0.25, 0.3) is 5.91 Å². The molecule has 0 unspecified atom stereocenters. The van der Waals surface area contributed by atoms with Gasteiger partial charge in [0.2, 0.25) is 10.0 Å². The zero-order valence-electron chi connectivity index (χ0n) is 12.5. The molecule has 1 aromatic carbocycles. The third kappa shape index (κ3) is 7.17. The quantitative estimate of drug-likeness (QED) is 0.437. The van der Waals surface area contributed by atoms with Gasteiger partial charge < -0.3 is 10.1 Å². The van der Waals surface area contributed by atoms with E-state index < -0.39 is 35.1 Å². The summed E-state index contributed by atoms with van der Waals surface area (Å²) >= 11 is 14.9. The van der Waals surface area contributed by atoms with Gasteiger partial charge in [-0.1, -0.05) is 39.1 Å². The molecule has 0 saturated carbocycles. The fourth-order valence-electron chi connectivity index (χ4n) is 1.52. The molecule has 0 aliphatic rings. The lowest BCUT2D eigenvalue weighted by Gasteiger charge is -2.10. The van der Waals surface area contributed by atoms with Gasteiger partial charge in [0, 0.05) is 11.0 Å². The Morgan fingerprint density at radius 1 is 1.28 bits per heavy atom. The van der Waals surface area contributed by atoms with Crippen molar-refractivity contribution >= 4 is 61.0 Å². The summed E-state index contributed by atoms with van der Waals surface area (Å²) in [5.41, 5.74) is 0. The Morgan fingerprint density at radius 3 is 2.44 bits per heavy atom. The zero-order valence-corrected chi connectivity index (χ0v) is 16.4. The van der Waals surface area contributed by atoms with Crippen LogP contribution in [0.2, 0.25) is 10.0 Å². The Labute approximate surface area is 162 Å². The van der Waals surface area contributed by atoms with Crippen molar-refractivity contribution < 1.29 is 22.7 Å². The number of hydrogen-bond donors (Lipinski definition) is 2. The smallest absolute Gasteiger partial charge is 0.321 e. The van der Waals surface area contributed by atoms with Crippen molar-refractivity contribution in [2.45, 2.75) is 11.3 Å². The first-order chi connectivity index (χ1) is 11.7. The SMILES string of the molecule is N#CCCNC(=O)COC(=O)CNS(=O)(=O)c1c(Cl)cc(Br)cc1Cl. The number of ether oxygens (including phenoxy) is 1. The molecule has 0 bridgehead atoms. The number of rotatable bonds is 8. The van der Waals surface area contributed by atoms with Gasteiger partial charge >= 0.3 is 5.97 Å². The summed E-state index contributed by atoms with van der Waals surface area (Å²) in [7, 11) is -4.16. The predicted octanol–water partition coefficient (Wildman–Crippen LogP) is 1.61. The maximum absolute atomic E-state index is 12.2. The molecule has 1 aromatic rings. The molecule has 0 aliphatic heterocycles. The lowest BCUT2D eigenvalue weighted by Crippen LogP contribution is -2.34. The largest absolute Gasteiger partial charge is 0.455 e. The molecule has 1 amide bonds. The van der Waals surface area contributed by atoms with Crippen molar-refractivity contribution in [1.29, 1.82) is 5.26 Å². The van der Waals surface area contributed by atoms with Crippen LogP contribution in [0.1, 0.15) is 6.42 Å². The highest BCUT2D eigenvalue weighted by atomic mass is 79.9. The monoisotopic (exact) mass is 471 g/mol. The zero-order chi connectivity index (χ0) is 19.0. The van der Waals surface area contributed by atoms with Crippen LogP contribution in [0, 0.1) is 11.3 Å². The fraction of sp³-hybridized carbons (Fsp3) is 0.308. The molecule has 1 rings (SSSR count). The maximum atomic E-state index is 12.2. The molecule has 25 heavy (non-hydrogen) atoms. The standard InChI is InChI=1S/C13H12BrCl2N3O5S/c14-8-4-9(15)13(10(16)5-8)25(22,23)19-6-12(21)24-7-11(20)18-3-1-2-17/h4-5,19H,1,3,6-7H2,(H,18,20). The van der Waals surface area contributed by atoms with Crippen molar-refractivity contribution in [3.63, 3.8) is 0 Å². The highest BCUT2D eigenvalue weighted by Crippen LogP contribution is 2.32. The molecular formula is C13H12BrCl2N3O5S. The number of nitriles is 1. The highest BCUT2D eigenvalue weighted by molar-refractivity contribution is 9.10. The van der Waals surface area contributed by atoms with Gasteiger partial charge in [-0.05, 0) is 12.1 Å². The number of hydrogen-bond acceptors (Lipinski definition) is 6. The first-order valence-electron chi connectivity index (χ1n) is 6.61. The molecule has 0 spiro atoms. The highest BCUT2D eigenvalue weighted by Gasteiger charge is 2.23. The third-order valence-corrected chi connectivity index (χ3v) is 5.34. The van der Waals surface area contributed by atoms with Crippen LogP contribution in [-0.4, -0.2) is 40.0 Å². The molecule has 0 aromatic heterocycles. The van der Waals surface area contributed by atoms with Crippen LogP contribution in [0.5, 0.6) is 0 Å². The number of sulfonamides is 1. The molecule has 8 nitrogen and oxygen atoms in total. The Balaban J connectivity index is 2.58. The summed E-state index contributed by atoms with van der Waals surface area (Å²) < 4.78 is 31.5. The normalized spacial score (nSPS) is 10.8. The first-order valence-corrected chi connectivity index (χ1v) is 9.64. The summed E-state index contributed by atoms with van der Waals surface area (Å²) in [5.74, 6) is -1.58. The van der Waals surface area contributed by atoms with Gasteiger partial charge in [-0.15, -0.1) is 0 Å². The Hall–Kier alpha value is -1.38. The topological polar surface area (TPSA) is 125 Å². The predicted molar refractivity (Wildman–Crippen MR) is 93.5 cm³/mol. The Kier molecular flexibility index (Phi) is 8.61. The van der Waals surface area contributed by atoms with Gasteiger partial charge in [-0.25, -0.2) is 8.42 Å². The number of amides is 1. The van der Waals surface area contributed by atoms with E-state index in [0.717, 1.165) is 0 Å². The van der Waals surface area contributed by atoms with E-state index in [0.29, 0.717) is 4.47 Å². The lowest BCUT2D eigenvalue weighted by atomic mass is 10.4. The molecule has 0 radical (unpaired) electrons. The van der Waals surface area contributed by atoms with Crippen LogP contribution in [0.3, 0.4) is 0 Å². The number of carbonyl (C=O) groups is 2. The summed E-state index contributed by atoms with van der Waals surface area (Å²) in [6.45, 7) is -1.18. The van der Waals surface area contributed by atoms with Gasteiger partial charge in [0.05, 0.1) is 22.5 Å². The van der Waals surface area contributed by atoms with E-state index in [1.807, 2.05) is 10.8 Å². The molecule has 12 heteroatoms. The van der Waals surface area contributed by atoms with Crippen molar-refractivity contribution in [3.8, 4) is 6.07 Å². The number of carbonyl (C=O) groups excluding carboxylic acids is 2. The van der Waals surface area contributed by atoms with E-state index in [4.69, 9.17) is 28.5 Å². The summed E-state index contributed by atoms with van der Waals surface area (Å²) in [5, 5.41) is 10.4. The molecule has 0 saturated heterocycles. The third-order valence-electron chi connectivity index (χ3n) is 2.56. The molecule has 0 aliphatic carbocycles. The number of nitrogens with one attached hydrogen (secondary N) is 2. The van der Waals surface area contributed by atoms with Crippen LogP contribution in [-0.2, 0) is 24.3 Å². The second kappa shape index (κ2) is 9.94. The molecular weight excluding hydrogens is 461 g/mol. The van der Waals surface area contributed by atoms with Crippen LogP contribution in [0.15, 0.2) is 21.5 Å². The van der Waals surface area contributed by atoms with Crippen LogP contribution in [0.4, 0.5) is 0 Å². The molecule has 136 valence electrons. The first kappa shape index (κ1) is 21.7. The van der Waals surface area contributed by atoms with Crippen molar-refractivity contribution in [2.24, 2.45) is 0 Å². The Morgan fingerprint density at radius 2 is 1.88 bits per heavy atom. The van der Waals surface area contributed by atoms with Crippen molar-refractivity contribution in [3.05, 3.63) is 26.7 Å². The second-order valence-electron chi connectivity index (χ2n) is 4.44. The van der Waals surface area contributed by atoms with Crippen LogP contribution >= 0.6 is 39.1 Å². The number of esters is 1. The molecule has 2 N–H and O–H groups in total. The van der Waals surface area contributed by atoms with E-state index in [9.17, 15) is 18.0 Å². The van der Waals surface area contributed by atoms with E-state index >= 15 is 0 Å². The molecule has 0 heterocycles. The maximum Gasteiger partial charge on any atom is 0.321 e. The van der Waals surface area contributed by atoms with Crippen LogP contribution < -0.4 is 10.0 Å². The van der Waals surface area contributed by atoms with Gasteiger partial charge in [-0.3, -0.25) is 9.59 Å². The van der Waals surface area contributed by atoms with E-state index in [1.165, 1.54) is 12.1 Å². The summed E-state index contributed by atoms with van der Waals surface area (Å²) in [6.07, 6.45) is 0.119. The Bertz CT molecular complexity index is 787. The van der Waals surface area contributed by atoms with Crippen molar-refractivity contribution in [2.75, 3.05) is 19.7 Å². The minimum absolute atomic E-state index is 0.119. The van der Waals surface area contributed by atoms with Crippen LogP contribution in [0.25, 0.3) is 0 Å². The number of benzene rings is 1. The average molecular weight is 473 g/mol. The minimum atomic E-state index is -4.16. The van der Waals surface area contributed by atoms with E-state index in [2.05, 4.69) is 26.0 Å². The lowest BCUT2D eigenvalue weighted by molar-refractivity contribution is -0.147. The summed E-state index contributed by atoms with van der Waals surface area (Å²) in [4.78, 5) is 22.4. The minimum Gasteiger partial charge on any atom is -0.455 e.